The summed E-state index contributed by atoms with van der Waals surface area (Å²) >= 11 is 0. The van der Waals surface area contributed by atoms with E-state index >= 15 is 0 Å². The van der Waals surface area contributed by atoms with Gasteiger partial charge in [-0.25, -0.2) is 4.79 Å². The highest BCUT2D eigenvalue weighted by atomic mass is 16.6. The monoisotopic (exact) mass is 425 g/mol. The lowest BCUT2D eigenvalue weighted by Crippen LogP contribution is -2.46. The largest absolute Gasteiger partial charge is 0.494 e. The summed E-state index contributed by atoms with van der Waals surface area (Å²) in [6.07, 6.45) is 0.323. The SMILES string of the molecule is CCOc1ccc(OCCOC(=O)C(CC(C)C)N2C(=O)c3ccccc3C2=O)cc1. The first-order chi connectivity index (χ1) is 14.9. The lowest BCUT2D eigenvalue weighted by molar-refractivity contribution is -0.149. The molecule has 164 valence electrons. The number of nitrogens with zero attached hydrogens (tertiary/aromatic N) is 1. The summed E-state index contributed by atoms with van der Waals surface area (Å²) in [6, 6.07) is 12.7. The third kappa shape index (κ3) is 5.23. The lowest BCUT2D eigenvalue weighted by Gasteiger charge is -2.26. The molecule has 3 rings (SSSR count). The Labute approximate surface area is 181 Å². The first-order valence-corrected chi connectivity index (χ1v) is 10.4. The number of ether oxygens (including phenoxy) is 3. The van der Waals surface area contributed by atoms with Gasteiger partial charge in [0.15, 0.2) is 0 Å². The lowest BCUT2D eigenvalue weighted by atomic mass is 10.0. The Morgan fingerprint density at radius 2 is 1.42 bits per heavy atom. The summed E-state index contributed by atoms with van der Waals surface area (Å²) in [5.41, 5.74) is 0.626. The van der Waals surface area contributed by atoms with Gasteiger partial charge in [0.2, 0.25) is 0 Å². The molecule has 0 aliphatic carbocycles. The summed E-state index contributed by atoms with van der Waals surface area (Å²) in [5.74, 6) is -0.0829. The van der Waals surface area contributed by atoms with Crippen LogP contribution < -0.4 is 9.47 Å². The first-order valence-electron chi connectivity index (χ1n) is 10.4. The molecule has 0 radical (unpaired) electrons. The van der Waals surface area contributed by atoms with Crippen molar-refractivity contribution in [3.05, 3.63) is 59.7 Å². The van der Waals surface area contributed by atoms with Crippen molar-refractivity contribution in [1.29, 1.82) is 0 Å². The zero-order valence-electron chi connectivity index (χ0n) is 18.0. The van der Waals surface area contributed by atoms with Gasteiger partial charge in [-0.05, 0) is 55.7 Å². The second kappa shape index (κ2) is 10.1. The molecule has 0 saturated heterocycles. The maximum Gasteiger partial charge on any atom is 0.329 e. The number of hydrogen-bond acceptors (Lipinski definition) is 6. The Kier molecular flexibility index (Phi) is 7.28. The molecule has 1 aliphatic heterocycles. The van der Waals surface area contributed by atoms with E-state index in [4.69, 9.17) is 14.2 Å². The van der Waals surface area contributed by atoms with Crippen molar-refractivity contribution < 1.29 is 28.6 Å². The van der Waals surface area contributed by atoms with Crippen LogP contribution in [-0.2, 0) is 9.53 Å². The number of imide groups is 1. The highest BCUT2D eigenvalue weighted by molar-refractivity contribution is 6.22. The van der Waals surface area contributed by atoms with Crippen LogP contribution in [-0.4, -0.2) is 48.5 Å². The minimum Gasteiger partial charge on any atom is -0.494 e. The van der Waals surface area contributed by atoms with E-state index in [1.54, 1.807) is 48.5 Å². The van der Waals surface area contributed by atoms with Crippen LogP contribution in [0.15, 0.2) is 48.5 Å². The van der Waals surface area contributed by atoms with E-state index in [1.807, 2.05) is 20.8 Å². The molecule has 7 heteroatoms. The second-order valence-electron chi connectivity index (χ2n) is 7.59. The fraction of sp³-hybridized carbons (Fsp3) is 0.375. The Morgan fingerprint density at radius 3 is 1.94 bits per heavy atom. The maximum absolute atomic E-state index is 12.8. The Balaban J connectivity index is 1.59. The van der Waals surface area contributed by atoms with Gasteiger partial charge in [-0.1, -0.05) is 26.0 Å². The van der Waals surface area contributed by atoms with E-state index < -0.39 is 23.8 Å². The predicted octanol–water partition coefficient (Wildman–Crippen LogP) is 3.72. The van der Waals surface area contributed by atoms with Gasteiger partial charge >= 0.3 is 5.97 Å². The third-order valence-corrected chi connectivity index (χ3v) is 4.84. The van der Waals surface area contributed by atoms with Crippen molar-refractivity contribution in [1.82, 2.24) is 4.90 Å². The van der Waals surface area contributed by atoms with Gasteiger partial charge in [0, 0.05) is 0 Å². The Morgan fingerprint density at radius 1 is 0.871 bits per heavy atom. The molecule has 7 nitrogen and oxygen atoms in total. The maximum atomic E-state index is 12.8. The predicted molar refractivity (Wildman–Crippen MR) is 114 cm³/mol. The molecule has 1 unspecified atom stereocenters. The van der Waals surface area contributed by atoms with E-state index in [9.17, 15) is 14.4 Å². The van der Waals surface area contributed by atoms with Crippen LogP contribution >= 0.6 is 0 Å². The van der Waals surface area contributed by atoms with Crippen molar-refractivity contribution in [3.8, 4) is 11.5 Å². The molecule has 2 aromatic rings. The fourth-order valence-electron chi connectivity index (χ4n) is 3.44. The normalized spacial score (nSPS) is 13.9. The molecule has 2 amide bonds. The van der Waals surface area contributed by atoms with Gasteiger partial charge in [0.1, 0.15) is 30.8 Å². The second-order valence-corrected chi connectivity index (χ2v) is 7.59. The van der Waals surface area contributed by atoms with Gasteiger partial charge in [-0.3, -0.25) is 14.5 Å². The van der Waals surface area contributed by atoms with Gasteiger partial charge in [0.05, 0.1) is 17.7 Å². The summed E-state index contributed by atoms with van der Waals surface area (Å²) in [4.78, 5) is 39.4. The summed E-state index contributed by atoms with van der Waals surface area (Å²) in [6.45, 7) is 6.50. The molecule has 0 aromatic heterocycles. The van der Waals surface area contributed by atoms with Gasteiger partial charge < -0.3 is 14.2 Å². The van der Waals surface area contributed by atoms with Crippen molar-refractivity contribution in [2.75, 3.05) is 19.8 Å². The van der Waals surface area contributed by atoms with E-state index in [-0.39, 0.29) is 19.1 Å². The minimum absolute atomic E-state index is 0.00378. The van der Waals surface area contributed by atoms with Crippen molar-refractivity contribution in [2.24, 2.45) is 5.92 Å². The highest BCUT2D eigenvalue weighted by Gasteiger charge is 2.43. The van der Waals surface area contributed by atoms with Crippen LogP contribution in [0.25, 0.3) is 0 Å². The summed E-state index contributed by atoms with van der Waals surface area (Å²) in [7, 11) is 0. The van der Waals surface area contributed by atoms with Gasteiger partial charge in [-0.2, -0.15) is 0 Å². The summed E-state index contributed by atoms with van der Waals surface area (Å²) in [5, 5.41) is 0. The van der Waals surface area contributed by atoms with Crippen LogP contribution in [0.3, 0.4) is 0 Å². The molecule has 0 fully saturated rings. The molecule has 0 N–H and O–H groups in total. The molecule has 0 bridgehead atoms. The molecule has 1 aliphatic rings. The first kappa shape index (κ1) is 22.3. The van der Waals surface area contributed by atoms with Crippen LogP contribution in [0.1, 0.15) is 47.9 Å². The quantitative estimate of drug-likeness (QED) is 0.328. The zero-order valence-corrected chi connectivity index (χ0v) is 18.0. The van der Waals surface area contributed by atoms with Gasteiger partial charge in [0.25, 0.3) is 11.8 Å². The topological polar surface area (TPSA) is 82.1 Å². The molecule has 1 heterocycles. The van der Waals surface area contributed by atoms with Crippen LogP contribution in [0.5, 0.6) is 11.5 Å². The third-order valence-electron chi connectivity index (χ3n) is 4.84. The molecular weight excluding hydrogens is 398 g/mol. The number of carbonyl (C=O) groups excluding carboxylic acids is 3. The molecule has 0 spiro atoms. The van der Waals surface area contributed by atoms with E-state index in [1.165, 1.54) is 0 Å². The average Bonchev–Trinajstić information content (AvgIpc) is 3.01. The van der Waals surface area contributed by atoms with E-state index in [0.29, 0.717) is 29.9 Å². The smallest absolute Gasteiger partial charge is 0.329 e. The molecular formula is C24H27NO6. The van der Waals surface area contributed by atoms with Crippen molar-refractivity contribution in [2.45, 2.75) is 33.2 Å². The minimum atomic E-state index is -0.974. The molecule has 0 saturated carbocycles. The number of amides is 2. The van der Waals surface area contributed by atoms with Crippen LogP contribution in [0.2, 0.25) is 0 Å². The van der Waals surface area contributed by atoms with Crippen molar-refractivity contribution in [3.63, 3.8) is 0 Å². The number of esters is 1. The molecule has 31 heavy (non-hydrogen) atoms. The number of benzene rings is 2. The highest BCUT2D eigenvalue weighted by Crippen LogP contribution is 2.27. The van der Waals surface area contributed by atoms with Gasteiger partial charge in [-0.15, -0.1) is 0 Å². The molecule has 1 atom stereocenters. The van der Waals surface area contributed by atoms with E-state index in [2.05, 4.69) is 0 Å². The van der Waals surface area contributed by atoms with E-state index in [0.717, 1.165) is 10.6 Å². The number of carbonyl (C=O) groups is 3. The Bertz CT molecular complexity index is 902. The number of rotatable bonds is 10. The van der Waals surface area contributed by atoms with Crippen molar-refractivity contribution >= 4 is 17.8 Å². The zero-order chi connectivity index (χ0) is 22.4. The summed E-state index contributed by atoms with van der Waals surface area (Å²) < 4.78 is 16.3. The van der Waals surface area contributed by atoms with Crippen LogP contribution in [0, 0.1) is 5.92 Å². The average molecular weight is 425 g/mol. The standard InChI is InChI=1S/C24H27NO6/c1-4-29-17-9-11-18(12-10-17)30-13-14-31-24(28)21(15-16(2)3)25-22(26)19-7-5-6-8-20(19)23(25)27/h5-12,16,21H,4,13-15H2,1-3H3. The molecule has 2 aromatic carbocycles. The number of fused-ring (bicyclic) bond motifs is 1. The fourth-order valence-corrected chi connectivity index (χ4v) is 3.44. The Hall–Kier alpha value is -3.35. The number of hydrogen-bond donors (Lipinski definition) is 0. The van der Waals surface area contributed by atoms with Crippen LogP contribution in [0.4, 0.5) is 0 Å².